The van der Waals surface area contributed by atoms with E-state index < -0.39 is 4.92 Å². The molecular weight excluding hydrogens is 184 g/mol. The largest absolute Gasteiger partial charge is 0.487 e. The maximum absolute atomic E-state index is 10.5. The molecule has 14 heavy (non-hydrogen) atoms. The van der Waals surface area contributed by atoms with Crippen LogP contribution in [0.4, 0.5) is 11.4 Å². The van der Waals surface area contributed by atoms with Crippen molar-refractivity contribution in [1.29, 1.82) is 0 Å². The third kappa shape index (κ3) is 1.48. The summed E-state index contributed by atoms with van der Waals surface area (Å²) in [5, 5.41) is 13.6. The molecule has 1 atom stereocenters. The van der Waals surface area contributed by atoms with E-state index in [9.17, 15) is 10.1 Å². The first-order chi connectivity index (χ1) is 6.66. The molecule has 0 spiro atoms. The molecule has 0 saturated heterocycles. The summed E-state index contributed by atoms with van der Waals surface area (Å²) in [4.78, 5) is 10.1. The van der Waals surface area contributed by atoms with Crippen molar-refractivity contribution < 1.29 is 9.66 Å². The Balaban J connectivity index is 2.36. The predicted molar refractivity (Wildman–Crippen MR) is 51.7 cm³/mol. The number of fused-ring (bicyclic) bond motifs is 1. The minimum absolute atomic E-state index is 0.0782. The first kappa shape index (κ1) is 8.80. The van der Waals surface area contributed by atoms with E-state index in [4.69, 9.17) is 4.74 Å². The van der Waals surface area contributed by atoms with Crippen molar-refractivity contribution in [1.82, 2.24) is 0 Å². The lowest BCUT2D eigenvalue weighted by atomic mass is 10.2. The third-order valence-corrected chi connectivity index (χ3v) is 2.08. The zero-order valence-corrected chi connectivity index (χ0v) is 7.69. The number of rotatable bonds is 1. The summed E-state index contributed by atoms with van der Waals surface area (Å²) in [6.07, 6.45) is 0.101. The van der Waals surface area contributed by atoms with Crippen LogP contribution in [0.25, 0.3) is 0 Å². The quantitative estimate of drug-likeness (QED) is 0.546. The molecule has 0 unspecified atom stereocenters. The monoisotopic (exact) mass is 194 g/mol. The Morgan fingerprint density at radius 2 is 2.43 bits per heavy atom. The first-order valence-electron chi connectivity index (χ1n) is 4.36. The summed E-state index contributed by atoms with van der Waals surface area (Å²) in [5.41, 5.74) is 0.770. The van der Waals surface area contributed by atoms with Gasteiger partial charge in [0.25, 0.3) is 5.69 Å². The molecule has 1 aromatic rings. The second-order valence-electron chi connectivity index (χ2n) is 3.25. The zero-order chi connectivity index (χ0) is 10.1. The fourth-order valence-electron chi connectivity index (χ4n) is 1.38. The molecule has 1 aromatic carbocycles. The maximum Gasteiger partial charge on any atom is 0.271 e. The van der Waals surface area contributed by atoms with Gasteiger partial charge in [0.2, 0.25) is 0 Å². The van der Waals surface area contributed by atoms with Crippen molar-refractivity contribution in [3.05, 3.63) is 28.3 Å². The summed E-state index contributed by atoms with van der Waals surface area (Å²) in [6.45, 7) is 2.62. The normalized spacial score (nSPS) is 19.1. The topological polar surface area (TPSA) is 64.4 Å². The van der Waals surface area contributed by atoms with Crippen molar-refractivity contribution in [3.8, 4) is 5.75 Å². The van der Waals surface area contributed by atoms with E-state index in [0.717, 1.165) is 0 Å². The Hall–Kier alpha value is -1.78. The summed E-state index contributed by atoms with van der Waals surface area (Å²) in [5.74, 6) is 0.675. The molecule has 74 valence electrons. The molecule has 0 saturated carbocycles. The number of nitrogens with zero attached hydrogens (tertiary/aromatic N) is 1. The fourth-order valence-corrected chi connectivity index (χ4v) is 1.38. The molecule has 5 heteroatoms. The molecule has 0 aromatic heterocycles. The van der Waals surface area contributed by atoms with Crippen LogP contribution in [0.5, 0.6) is 5.75 Å². The van der Waals surface area contributed by atoms with Gasteiger partial charge in [-0.25, -0.2) is 0 Å². The van der Waals surface area contributed by atoms with Gasteiger partial charge in [0, 0.05) is 12.1 Å². The number of hydrogen-bond acceptors (Lipinski definition) is 4. The van der Waals surface area contributed by atoms with Crippen molar-refractivity contribution in [2.24, 2.45) is 0 Å². The molecular formula is C9H10N2O3. The van der Waals surface area contributed by atoms with Gasteiger partial charge in [0.1, 0.15) is 11.9 Å². The molecule has 1 aliphatic heterocycles. The average Bonchev–Trinajstić information content (AvgIpc) is 2.16. The highest BCUT2D eigenvalue weighted by Crippen LogP contribution is 2.32. The Morgan fingerprint density at radius 1 is 1.64 bits per heavy atom. The molecule has 5 nitrogen and oxygen atoms in total. The highest BCUT2D eigenvalue weighted by Gasteiger charge is 2.18. The molecule has 1 aliphatic rings. The van der Waals surface area contributed by atoms with Crippen molar-refractivity contribution in [2.45, 2.75) is 13.0 Å². The van der Waals surface area contributed by atoms with E-state index in [2.05, 4.69) is 5.32 Å². The molecule has 0 amide bonds. The lowest BCUT2D eigenvalue weighted by Gasteiger charge is -2.24. The van der Waals surface area contributed by atoms with Gasteiger partial charge in [-0.15, -0.1) is 0 Å². The van der Waals surface area contributed by atoms with Crippen LogP contribution in [0.15, 0.2) is 18.2 Å². The Labute approximate surface area is 80.8 Å². The van der Waals surface area contributed by atoms with Crippen LogP contribution in [-0.2, 0) is 0 Å². The molecule has 1 heterocycles. The number of nitro benzene ring substituents is 1. The summed E-state index contributed by atoms with van der Waals surface area (Å²) in [7, 11) is 0. The van der Waals surface area contributed by atoms with Gasteiger partial charge in [-0.05, 0) is 13.0 Å². The molecule has 0 bridgehead atoms. The number of ether oxygens (including phenoxy) is 1. The average molecular weight is 194 g/mol. The van der Waals surface area contributed by atoms with Crippen LogP contribution in [0.3, 0.4) is 0 Å². The standard InChI is InChI=1S/C9H10N2O3/c1-6-5-10-8-4-7(11(12)13)2-3-9(8)14-6/h2-4,6,10H,5H2,1H3/t6-/m1/s1. The van der Waals surface area contributed by atoms with Crippen LogP contribution >= 0.6 is 0 Å². The first-order valence-corrected chi connectivity index (χ1v) is 4.36. The minimum Gasteiger partial charge on any atom is -0.487 e. The highest BCUT2D eigenvalue weighted by atomic mass is 16.6. The van der Waals surface area contributed by atoms with Gasteiger partial charge in [0.05, 0.1) is 17.2 Å². The van der Waals surface area contributed by atoms with E-state index in [0.29, 0.717) is 18.0 Å². The maximum atomic E-state index is 10.5. The summed E-state index contributed by atoms with van der Waals surface area (Å²) < 4.78 is 5.48. The molecule has 2 rings (SSSR count). The van der Waals surface area contributed by atoms with Gasteiger partial charge in [-0.3, -0.25) is 10.1 Å². The Kier molecular flexibility index (Phi) is 1.99. The number of hydrogen-bond donors (Lipinski definition) is 1. The molecule has 0 radical (unpaired) electrons. The van der Waals surface area contributed by atoms with Gasteiger partial charge in [-0.2, -0.15) is 0 Å². The second kappa shape index (κ2) is 3.17. The van der Waals surface area contributed by atoms with Crippen molar-refractivity contribution in [3.63, 3.8) is 0 Å². The lowest BCUT2D eigenvalue weighted by molar-refractivity contribution is -0.384. The fraction of sp³-hybridized carbons (Fsp3) is 0.333. The van der Waals surface area contributed by atoms with E-state index in [-0.39, 0.29) is 11.8 Å². The van der Waals surface area contributed by atoms with E-state index in [1.807, 2.05) is 6.92 Å². The Bertz CT molecular complexity index is 378. The summed E-state index contributed by atoms with van der Waals surface area (Å²) in [6, 6.07) is 4.55. The van der Waals surface area contributed by atoms with Gasteiger partial charge in [-0.1, -0.05) is 0 Å². The van der Waals surface area contributed by atoms with Gasteiger partial charge < -0.3 is 10.1 Å². The third-order valence-electron chi connectivity index (χ3n) is 2.08. The van der Waals surface area contributed by atoms with E-state index in [1.165, 1.54) is 12.1 Å². The molecule has 1 N–H and O–H groups in total. The van der Waals surface area contributed by atoms with Gasteiger partial charge >= 0.3 is 0 Å². The Morgan fingerprint density at radius 3 is 3.14 bits per heavy atom. The van der Waals surface area contributed by atoms with Crippen LogP contribution in [0.2, 0.25) is 0 Å². The lowest BCUT2D eigenvalue weighted by Crippen LogP contribution is -2.27. The zero-order valence-electron chi connectivity index (χ0n) is 7.69. The van der Waals surface area contributed by atoms with E-state index in [1.54, 1.807) is 6.07 Å². The molecule has 0 fully saturated rings. The smallest absolute Gasteiger partial charge is 0.271 e. The number of nitro groups is 1. The predicted octanol–water partition coefficient (Wildman–Crippen LogP) is 1.79. The van der Waals surface area contributed by atoms with Crippen molar-refractivity contribution >= 4 is 11.4 Å². The van der Waals surface area contributed by atoms with Crippen LogP contribution in [0, 0.1) is 10.1 Å². The van der Waals surface area contributed by atoms with Crippen LogP contribution < -0.4 is 10.1 Å². The minimum atomic E-state index is -0.417. The van der Waals surface area contributed by atoms with E-state index >= 15 is 0 Å². The number of nitrogens with one attached hydrogen (secondary N) is 1. The SMILES string of the molecule is C[C@@H]1CNc2cc([N+](=O)[O-])ccc2O1. The number of benzene rings is 1. The summed E-state index contributed by atoms with van der Waals surface area (Å²) >= 11 is 0. The van der Waals surface area contributed by atoms with Crippen molar-refractivity contribution in [2.75, 3.05) is 11.9 Å². The molecule has 0 aliphatic carbocycles. The number of anilines is 1. The van der Waals surface area contributed by atoms with Crippen LogP contribution in [-0.4, -0.2) is 17.6 Å². The second-order valence-corrected chi connectivity index (χ2v) is 3.25. The highest BCUT2D eigenvalue weighted by molar-refractivity contribution is 5.62. The van der Waals surface area contributed by atoms with Gasteiger partial charge in [0.15, 0.2) is 0 Å². The van der Waals surface area contributed by atoms with Crippen LogP contribution in [0.1, 0.15) is 6.92 Å². The number of non-ortho nitro benzene ring substituents is 1.